The smallest absolute Gasteiger partial charge is 0.302 e. The number of carbonyl (C=O) groups excluding carboxylic acids is 1. The largest absolute Gasteiger partial charge is 0.465 e. The number of hydrogen-bond acceptors (Lipinski definition) is 3. The minimum atomic E-state index is -0.184. The molecule has 1 aromatic carbocycles. The number of carbonyl (C=O) groups is 1. The summed E-state index contributed by atoms with van der Waals surface area (Å²) in [6, 6.07) is 7.05. The standard InChI is InChI=1S/C19H21Cl2NO2/c1-11(23)24-10-16-15-8-14-3-5-19(16)22(14)9-13(15)6-12-2-4-17(20)18(21)7-12/h2,4,6-7,14-16,19H,3,5,8-10H2,1H3/b13-6+/t14-,15?,16+,19?/m1/s1. The molecular formula is C19H21Cl2NO2. The fraction of sp³-hybridized carbons (Fsp3) is 0.526. The second-order valence-electron chi connectivity index (χ2n) is 7.17. The molecule has 0 saturated carbocycles. The highest BCUT2D eigenvalue weighted by Gasteiger charge is 2.52. The molecule has 0 aromatic heterocycles. The molecule has 0 N–H and O–H groups in total. The zero-order valence-electron chi connectivity index (χ0n) is 13.7. The predicted octanol–water partition coefficient (Wildman–Crippen LogP) is 4.42. The number of rotatable bonds is 3. The van der Waals surface area contributed by atoms with Gasteiger partial charge in [0.15, 0.2) is 0 Å². The molecule has 128 valence electrons. The Morgan fingerprint density at radius 2 is 2.17 bits per heavy atom. The highest BCUT2D eigenvalue weighted by molar-refractivity contribution is 6.42. The SMILES string of the molecule is CC(=O)OC[C@H]1C2C[C@H]3CCC1N3C/C2=C\c1ccc(Cl)c(Cl)c1. The predicted molar refractivity (Wildman–Crippen MR) is 96.2 cm³/mol. The third kappa shape index (κ3) is 2.87. The summed E-state index contributed by atoms with van der Waals surface area (Å²) < 4.78 is 5.39. The van der Waals surface area contributed by atoms with Crippen molar-refractivity contribution in [3.8, 4) is 0 Å². The van der Waals surface area contributed by atoms with Crippen LogP contribution >= 0.6 is 23.2 Å². The van der Waals surface area contributed by atoms with Crippen molar-refractivity contribution >= 4 is 35.2 Å². The number of benzene rings is 1. The van der Waals surface area contributed by atoms with Crippen LogP contribution in [0, 0.1) is 11.8 Å². The normalized spacial score (nSPS) is 35.5. The minimum absolute atomic E-state index is 0.184. The molecule has 1 aromatic rings. The molecule has 3 unspecified atom stereocenters. The first-order chi connectivity index (χ1) is 11.5. The summed E-state index contributed by atoms with van der Waals surface area (Å²) in [5, 5.41) is 1.17. The molecule has 4 aliphatic rings. The van der Waals surface area contributed by atoms with E-state index in [-0.39, 0.29) is 5.97 Å². The third-order valence-electron chi connectivity index (χ3n) is 5.84. The van der Waals surface area contributed by atoms with E-state index in [4.69, 9.17) is 27.9 Å². The molecule has 0 spiro atoms. The van der Waals surface area contributed by atoms with E-state index < -0.39 is 0 Å². The van der Waals surface area contributed by atoms with E-state index >= 15 is 0 Å². The van der Waals surface area contributed by atoms with Gasteiger partial charge in [0.05, 0.1) is 16.7 Å². The number of hydrogen-bond donors (Lipinski definition) is 0. The molecule has 0 aliphatic carbocycles. The monoisotopic (exact) mass is 365 g/mol. The number of piperidine rings is 3. The second-order valence-corrected chi connectivity index (χ2v) is 7.99. The van der Waals surface area contributed by atoms with Crippen molar-refractivity contribution in [2.24, 2.45) is 11.8 Å². The third-order valence-corrected chi connectivity index (χ3v) is 6.58. The van der Waals surface area contributed by atoms with Gasteiger partial charge in [-0.05, 0) is 42.9 Å². The second kappa shape index (κ2) is 6.36. The zero-order valence-corrected chi connectivity index (χ0v) is 15.2. The van der Waals surface area contributed by atoms with Gasteiger partial charge in [-0.2, -0.15) is 0 Å². The van der Waals surface area contributed by atoms with Crippen molar-refractivity contribution < 1.29 is 9.53 Å². The summed E-state index contributed by atoms with van der Waals surface area (Å²) in [6.45, 7) is 3.05. The fourth-order valence-electron chi connectivity index (χ4n) is 4.83. The van der Waals surface area contributed by atoms with Crippen LogP contribution in [0.5, 0.6) is 0 Å². The Kier molecular flexibility index (Phi) is 4.36. The van der Waals surface area contributed by atoms with Gasteiger partial charge in [0.2, 0.25) is 0 Å². The molecule has 5 atom stereocenters. The van der Waals surface area contributed by atoms with E-state index in [2.05, 4.69) is 11.0 Å². The first-order valence-corrected chi connectivity index (χ1v) is 9.33. The molecule has 24 heavy (non-hydrogen) atoms. The Balaban J connectivity index is 1.61. The summed E-state index contributed by atoms with van der Waals surface area (Å²) in [7, 11) is 0. The zero-order chi connectivity index (χ0) is 16.8. The van der Waals surface area contributed by atoms with Crippen molar-refractivity contribution in [3.63, 3.8) is 0 Å². The van der Waals surface area contributed by atoms with Gasteiger partial charge in [0.1, 0.15) is 0 Å². The average Bonchev–Trinajstić information content (AvgIpc) is 2.86. The highest BCUT2D eigenvalue weighted by atomic mass is 35.5. The summed E-state index contributed by atoms with van der Waals surface area (Å²) in [5.41, 5.74) is 2.52. The van der Waals surface area contributed by atoms with Gasteiger partial charge in [-0.25, -0.2) is 0 Å². The number of ether oxygens (including phenoxy) is 1. The van der Waals surface area contributed by atoms with E-state index in [9.17, 15) is 4.79 Å². The maximum Gasteiger partial charge on any atom is 0.302 e. The molecule has 5 rings (SSSR count). The Labute approximate surface area is 152 Å². The van der Waals surface area contributed by atoms with Crippen LogP contribution in [0.25, 0.3) is 6.08 Å². The minimum Gasteiger partial charge on any atom is -0.465 e. The van der Waals surface area contributed by atoms with Crippen molar-refractivity contribution in [2.75, 3.05) is 13.2 Å². The number of esters is 1. The Morgan fingerprint density at radius 1 is 1.33 bits per heavy atom. The summed E-state index contributed by atoms with van der Waals surface area (Å²) in [6.07, 6.45) is 5.93. The summed E-state index contributed by atoms with van der Waals surface area (Å²) >= 11 is 12.2. The van der Waals surface area contributed by atoms with Crippen LogP contribution in [-0.4, -0.2) is 36.1 Å². The van der Waals surface area contributed by atoms with Crippen molar-refractivity contribution in [1.82, 2.24) is 4.90 Å². The molecule has 4 aliphatic heterocycles. The van der Waals surface area contributed by atoms with E-state index in [1.165, 1.54) is 31.8 Å². The van der Waals surface area contributed by atoms with Gasteiger partial charge < -0.3 is 4.74 Å². The quantitative estimate of drug-likeness (QED) is 0.742. The Hall–Kier alpha value is -1.03. The van der Waals surface area contributed by atoms with Crippen LogP contribution in [0.2, 0.25) is 10.0 Å². The molecule has 5 heteroatoms. The van der Waals surface area contributed by atoms with Crippen LogP contribution < -0.4 is 0 Å². The van der Waals surface area contributed by atoms with Gasteiger partial charge in [-0.3, -0.25) is 9.69 Å². The number of halogens is 2. The van der Waals surface area contributed by atoms with Gasteiger partial charge >= 0.3 is 5.97 Å². The van der Waals surface area contributed by atoms with Crippen LogP contribution in [0.15, 0.2) is 23.8 Å². The summed E-state index contributed by atoms with van der Waals surface area (Å²) in [4.78, 5) is 13.9. The molecule has 0 radical (unpaired) electrons. The average molecular weight is 366 g/mol. The van der Waals surface area contributed by atoms with Crippen molar-refractivity contribution in [3.05, 3.63) is 39.4 Å². The maximum atomic E-state index is 11.3. The fourth-order valence-corrected chi connectivity index (χ4v) is 5.13. The maximum absolute atomic E-state index is 11.3. The molecule has 4 fully saturated rings. The van der Waals surface area contributed by atoms with E-state index in [1.807, 2.05) is 18.2 Å². The van der Waals surface area contributed by atoms with Gasteiger partial charge in [-0.1, -0.05) is 40.9 Å². The molecule has 3 nitrogen and oxygen atoms in total. The van der Waals surface area contributed by atoms with Gasteiger partial charge in [-0.15, -0.1) is 0 Å². The van der Waals surface area contributed by atoms with Crippen LogP contribution in [0.3, 0.4) is 0 Å². The van der Waals surface area contributed by atoms with Crippen molar-refractivity contribution in [1.29, 1.82) is 0 Å². The lowest BCUT2D eigenvalue weighted by Gasteiger charge is -2.51. The molecule has 4 heterocycles. The molecule has 4 bridgehead atoms. The number of nitrogens with zero attached hydrogens (tertiary/aromatic N) is 1. The first kappa shape index (κ1) is 16.4. The number of fused-ring (bicyclic) bond motifs is 1. The Bertz CT molecular complexity index is 703. The van der Waals surface area contributed by atoms with Crippen LogP contribution in [0.4, 0.5) is 0 Å². The lowest BCUT2D eigenvalue weighted by Crippen LogP contribution is -2.57. The van der Waals surface area contributed by atoms with E-state index in [0.29, 0.717) is 40.6 Å². The van der Waals surface area contributed by atoms with Crippen molar-refractivity contribution in [2.45, 2.75) is 38.3 Å². The van der Waals surface area contributed by atoms with E-state index in [1.54, 1.807) is 0 Å². The first-order valence-electron chi connectivity index (χ1n) is 8.57. The Morgan fingerprint density at radius 3 is 2.92 bits per heavy atom. The molecule has 4 saturated heterocycles. The summed E-state index contributed by atoms with van der Waals surface area (Å²) in [5.74, 6) is 0.729. The van der Waals surface area contributed by atoms with Crippen LogP contribution in [0.1, 0.15) is 31.7 Å². The highest BCUT2D eigenvalue weighted by Crippen LogP contribution is 2.50. The molecular weight excluding hydrogens is 345 g/mol. The molecule has 0 amide bonds. The van der Waals surface area contributed by atoms with Gasteiger partial charge in [0, 0.05) is 31.5 Å². The lowest BCUT2D eigenvalue weighted by molar-refractivity contribution is -0.145. The van der Waals surface area contributed by atoms with E-state index in [0.717, 1.165) is 12.1 Å². The lowest BCUT2D eigenvalue weighted by atomic mass is 9.71. The van der Waals surface area contributed by atoms with Gasteiger partial charge in [0.25, 0.3) is 0 Å². The topological polar surface area (TPSA) is 29.5 Å². The van der Waals surface area contributed by atoms with Crippen LogP contribution in [-0.2, 0) is 9.53 Å².